The predicted molar refractivity (Wildman–Crippen MR) is 151 cm³/mol. The van der Waals surface area contributed by atoms with Crippen LogP contribution in [-0.2, 0) is 40.0 Å². The lowest BCUT2D eigenvalue weighted by molar-refractivity contribution is -0.222. The highest BCUT2D eigenvalue weighted by Crippen LogP contribution is 2.48. The van der Waals surface area contributed by atoms with Crippen LogP contribution in [0.5, 0.6) is 0 Å². The van der Waals surface area contributed by atoms with Crippen molar-refractivity contribution in [2.75, 3.05) is 9.96 Å². The monoisotopic (exact) mass is 620 g/mol. The van der Waals surface area contributed by atoms with Crippen molar-refractivity contribution in [3.05, 3.63) is 95.0 Å². The van der Waals surface area contributed by atoms with Crippen LogP contribution in [-0.4, -0.2) is 54.3 Å². The molecule has 0 saturated carbocycles. The molecule has 0 N–H and O–H groups in total. The van der Waals surface area contributed by atoms with Gasteiger partial charge in [-0.25, -0.2) is 9.96 Å². The zero-order chi connectivity index (χ0) is 28.3. The Labute approximate surface area is 245 Å². The first-order valence-corrected chi connectivity index (χ1v) is 14.4. The van der Waals surface area contributed by atoms with Crippen molar-refractivity contribution < 1.29 is 33.4 Å². The summed E-state index contributed by atoms with van der Waals surface area (Å²) in [6, 6.07) is 25.6. The van der Waals surface area contributed by atoms with Gasteiger partial charge in [0.2, 0.25) is 5.91 Å². The lowest BCUT2D eigenvalue weighted by atomic mass is 9.89. The van der Waals surface area contributed by atoms with Crippen LogP contribution >= 0.6 is 15.9 Å². The molecule has 4 aliphatic heterocycles. The Kier molecular flexibility index (Phi) is 6.72. The van der Waals surface area contributed by atoms with Gasteiger partial charge in [-0.1, -0.05) is 64.5 Å². The van der Waals surface area contributed by atoms with Crippen LogP contribution < -0.4 is 9.96 Å². The van der Waals surface area contributed by atoms with E-state index in [0.29, 0.717) is 18.0 Å². The van der Waals surface area contributed by atoms with E-state index >= 15 is 0 Å². The third kappa shape index (κ3) is 4.68. The van der Waals surface area contributed by atoms with Gasteiger partial charge >= 0.3 is 0 Å². The molecule has 0 aliphatic carbocycles. The summed E-state index contributed by atoms with van der Waals surface area (Å²) < 4.78 is 26.2. The molecule has 0 unspecified atom stereocenters. The molecule has 4 aliphatic rings. The quantitative estimate of drug-likeness (QED) is 0.370. The van der Waals surface area contributed by atoms with Gasteiger partial charge in [0.15, 0.2) is 18.2 Å². The zero-order valence-corrected chi connectivity index (χ0v) is 24.0. The van der Waals surface area contributed by atoms with Gasteiger partial charge in [0, 0.05) is 4.47 Å². The van der Waals surface area contributed by atoms with Crippen LogP contribution in [0.1, 0.15) is 19.4 Å². The number of amides is 2. The molecule has 41 heavy (non-hydrogen) atoms. The number of benzene rings is 3. The smallest absolute Gasteiger partial charge is 0.266 e. The molecule has 4 fully saturated rings. The number of imide groups is 1. The van der Waals surface area contributed by atoms with Crippen LogP contribution in [0.25, 0.3) is 0 Å². The second-order valence-electron chi connectivity index (χ2n) is 11.0. The summed E-state index contributed by atoms with van der Waals surface area (Å²) in [7, 11) is 0. The van der Waals surface area contributed by atoms with E-state index in [2.05, 4.69) is 15.9 Å². The Hall–Kier alpha value is -3.12. The highest BCUT2D eigenvalue weighted by Gasteiger charge is 2.67. The van der Waals surface area contributed by atoms with E-state index in [4.69, 9.17) is 23.8 Å². The summed E-state index contributed by atoms with van der Waals surface area (Å²) in [6.07, 6.45) is -3.58. The van der Waals surface area contributed by atoms with Crippen LogP contribution in [0.4, 0.5) is 11.4 Å². The van der Waals surface area contributed by atoms with E-state index < -0.39 is 54.4 Å². The van der Waals surface area contributed by atoms with Crippen LogP contribution in [0, 0.1) is 5.92 Å². The van der Waals surface area contributed by atoms with E-state index in [1.807, 2.05) is 74.5 Å². The van der Waals surface area contributed by atoms with Gasteiger partial charge < -0.3 is 18.9 Å². The van der Waals surface area contributed by atoms with E-state index in [9.17, 15) is 9.59 Å². The lowest BCUT2D eigenvalue weighted by Crippen LogP contribution is -2.52. The van der Waals surface area contributed by atoms with Gasteiger partial charge in [0.05, 0.1) is 18.0 Å². The van der Waals surface area contributed by atoms with Gasteiger partial charge in [0.1, 0.15) is 30.3 Å². The van der Waals surface area contributed by atoms with E-state index in [1.165, 1.54) is 4.90 Å². The van der Waals surface area contributed by atoms with Gasteiger partial charge in [-0.05, 0) is 55.8 Å². The van der Waals surface area contributed by atoms with Gasteiger partial charge in [0.25, 0.3) is 5.91 Å². The highest BCUT2D eigenvalue weighted by molar-refractivity contribution is 9.10. The topological polar surface area (TPSA) is 86.8 Å². The second-order valence-corrected chi connectivity index (χ2v) is 11.9. The molecule has 10 heteroatoms. The number of carbonyl (C=O) groups is 2. The Morgan fingerprint density at radius 2 is 1.51 bits per heavy atom. The minimum atomic E-state index is -1.02. The molecule has 0 radical (unpaired) electrons. The Morgan fingerprint density at radius 1 is 0.829 bits per heavy atom. The molecule has 0 aromatic heterocycles. The summed E-state index contributed by atoms with van der Waals surface area (Å²) in [6.45, 7) is 3.97. The molecule has 7 rings (SSSR count). The highest BCUT2D eigenvalue weighted by atomic mass is 79.9. The number of carbonyl (C=O) groups excluding carboxylic acids is 2. The fourth-order valence-electron chi connectivity index (χ4n) is 6.17. The number of para-hydroxylation sites is 1. The Balaban J connectivity index is 1.26. The number of hydrogen-bond acceptors (Lipinski definition) is 8. The average molecular weight is 621 g/mol. The maximum absolute atomic E-state index is 14.1. The van der Waals surface area contributed by atoms with Crippen LogP contribution in [0.3, 0.4) is 0 Å². The number of ether oxygens (including phenoxy) is 4. The molecule has 0 spiro atoms. The zero-order valence-electron chi connectivity index (χ0n) is 22.5. The fraction of sp³-hybridized carbons (Fsp3) is 0.355. The van der Waals surface area contributed by atoms with Crippen molar-refractivity contribution in [2.24, 2.45) is 5.92 Å². The first-order valence-electron chi connectivity index (χ1n) is 13.6. The van der Waals surface area contributed by atoms with Gasteiger partial charge in [-0.3, -0.25) is 14.4 Å². The molecule has 0 bridgehead atoms. The van der Waals surface area contributed by atoms with E-state index in [1.54, 1.807) is 29.3 Å². The van der Waals surface area contributed by atoms with Crippen molar-refractivity contribution >= 4 is 39.1 Å². The molecule has 3 aromatic rings. The predicted octanol–water partition coefficient (Wildman–Crippen LogP) is 4.59. The van der Waals surface area contributed by atoms with E-state index in [-0.39, 0.29) is 5.91 Å². The third-order valence-corrected chi connectivity index (χ3v) is 8.43. The van der Waals surface area contributed by atoms with Crippen molar-refractivity contribution in [1.29, 1.82) is 0 Å². The molecule has 9 nitrogen and oxygen atoms in total. The number of nitrogens with zero attached hydrogens (tertiary/aromatic N) is 2. The minimum Gasteiger partial charge on any atom is -0.368 e. The lowest BCUT2D eigenvalue weighted by Gasteiger charge is -2.35. The van der Waals surface area contributed by atoms with E-state index in [0.717, 1.165) is 10.0 Å². The van der Waals surface area contributed by atoms with Crippen molar-refractivity contribution in [3.63, 3.8) is 0 Å². The first-order chi connectivity index (χ1) is 19.8. The summed E-state index contributed by atoms with van der Waals surface area (Å²) in [4.78, 5) is 35.3. The van der Waals surface area contributed by atoms with Crippen molar-refractivity contribution in [1.82, 2.24) is 0 Å². The van der Waals surface area contributed by atoms with Crippen molar-refractivity contribution in [3.8, 4) is 0 Å². The Morgan fingerprint density at radius 3 is 2.22 bits per heavy atom. The molecular weight excluding hydrogens is 592 g/mol. The number of fused-ring (bicyclic) bond motifs is 2. The SMILES string of the molecule is CC1(C)O[C@H]2O[C@H]([C@H]3[C@@H]4C(=O)N(c5ccc(Br)cc5)C(=O)[C@@H]4ON3c3ccccc3)[C@H](OCc3ccccc3)[C@H]2O1. The number of rotatable bonds is 6. The van der Waals surface area contributed by atoms with Gasteiger partial charge in [-0.15, -0.1) is 0 Å². The third-order valence-electron chi connectivity index (χ3n) is 7.91. The van der Waals surface area contributed by atoms with Crippen molar-refractivity contribution in [2.45, 2.75) is 63.0 Å². The molecule has 4 saturated heterocycles. The second kappa shape index (κ2) is 10.3. The fourth-order valence-corrected chi connectivity index (χ4v) is 6.43. The average Bonchev–Trinajstić information content (AvgIpc) is 3.66. The van der Waals surface area contributed by atoms with Crippen LogP contribution in [0.2, 0.25) is 0 Å². The molecule has 2 amide bonds. The largest absolute Gasteiger partial charge is 0.368 e. The first kappa shape index (κ1) is 26.8. The summed E-state index contributed by atoms with van der Waals surface area (Å²) in [5, 5.41) is 1.64. The van der Waals surface area contributed by atoms with Crippen LogP contribution in [0.15, 0.2) is 89.4 Å². The number of anilines is 2. The minimum absolute atomic E-state index is 0.309. The summed E-state index contributed by atoms with van der Waals surface area (Å²) in [5.74, 6) is -2.47. The summed E-state index contributed by atoms with van der Waals surface area (Å²) in [5.41, 5.74) is 2.18. The molecule has 4 heterocycles. The number of hydrogen-bond donors (Lipinski definition) is 0. The van der Waals surface area contributed by atoms with Gasteiger partial charge in [-0.2, -0.15) is 0 Å². The molecular formula is C31H29BrN2O7. The normalized spacial score (nSPS) is 32.0. The molecule has 212 valence electrons. The maximum atomic E-state index is 14.1. The molecule has 3 aromatic carbocycles. The maximum Gasteiger partial charge on any atom is 0.266 e. The number of halogens is 1. The molecule has 7 atom stereocenters. The number of hydroxylamine groups is 1. The Bertz CT molecular complexity index is 1440. The standard InChI is InChI=1S/C31H29BrN2O7/c1-31(2)39-27-26(37-17-18-9-5-3-6-10-18)25(38-30(27)40-31)23-22-24(41-34(23)21-11-7-4-8-12-21)29(36)33(28(22)35)20-15-13-19(32)14-16-20/h3-16,22-27,30H,17H2,1-2H3/t22-,23+,24+,25+,26-,27+,30+/m0/s1. The summed E-state index contributed by atoms with van der Waals surface area (Å²) >= 11 is 3.42.